The van der Waals surface area contributed by atoms with Crippen LogP contribution in [0.5, 0.6) is 0 Å². The smallest absolute Gasteiger partial charge is 0.229 e. The van der Waals surface area contributed by atoms with E-state index in [0.717, 1.165) is 54.1 Å². The van der Waals surface area contributed by atoms with Crippen molar-refractivity contribution in [2.75, 3.05) is 23.3 Å². The van der Waals surface area contributed by atoms with Crippen LogP contribution in [-0.2, 0) is 11.2 Å². The lowest BCUT2D eigenvalue weighted by Gasteiger charge is -2.32. The summed E-state index contributed by atoms with van der Waals surface area (Å²) >= 11 is 0. The van der Waals surface area contributed by atoms with Crippen LogP contribution >= 0.6 is 0 Å². The summed E-state index contributed by atoms with van der Waals surface area (Å²) in [6, 6.07) is 15.8. The summed E-state index contributed by atoms with van der Waals surface area (Å²) < 4.78 is 0. The molecule has 1 aromatic carbocycles. The molecule has 1 N–H and O–H groups in total. The highest BCUT2D eigenvalue weighted by Gasteiger charge is 2.27. The van der Waals surface area contributed by atoms with E-state index in [4.69, 9.17) is 0 Å². The molecule has 29 heavy (non-hydrogen) atoms. The largest absolute Gasteiger partial charge is 0.354 e. The molecular weight excluding hydrogens is 362 g/mol. The Morgan fingerprint density at radius 2 is 2.03 bits per heavy atom. The van der Waals surface area contributed by atoms with E-state index in [9.17, 15) is 4.79 Å². The third-order valence-electron chi connectivity index (χ3n) is 5.38. The Morgan fingerprint density at radius 3 is 2.79 bits per heavy atom. The average Bonchev–Trinajstić information content (AvgIpc) is 2.80. The van der Waals surface area contributed by atoms with Crippen molar-refractivity contribution in [1.29, 1.82) is 0 Å². The molecule has 3 heterocycles. The van der Waals surface area contributed by atoms with E-state index < -0.39 is 0 Å². The number of benzene rings is 1. The van der Waals surface area contributed by atoms with Gasteiger partial charge in [-0.3, -0.25) is 9.78 Å². The molecule has 1 unspecified atom stereocenters. The zero-order valence-corrected chi connectivity index (χ0v) is 16.6. The number of rotatable bonds is 5. The van der Waals surface area contributed by atoms with E-state index in [0.29, 0.717) is 6.54 Å². The number of carbonyl (C=O) groups is 1. The zero-order valence-electron chi connectivity index (χ0n) is 16.6. The van der Waals surface area contributed by atoms with Gasteiger partial charge in [-0.05, 0) is 55.2 Å². The summed E-state index contributed by atoms with van der Waals surface area (Å²) in [4.78, 5) is 19.1. The zero-order chi connectivity index (χ0) is 20.1. The molecule has 0 saturated carbocycles. The van der Waals surface area contributed by atoms with Crippen LogP contribution in [0.15, 0.2) is 60.9 Å². The highest BCUT2D eigenvalue weighted by Crippen LogP contribution is 2.25. The van der Waals surface area contributed by atoms with E-state index in [2.05, 4.69) is 38.4 Å². The summed E-state index contributed by atoms with van der Waals surface area (Å²) in [5.74, 6) is 0.827. The molecule has 1 aliphatic rings. The Labute approximate surface area is 171 Å². The molecule has 1 atom stereocenters. The third-order valence-corrected chi connectivity index (χ3v) is 5.38. The van der Waals surface area contributed by atoms with Crippen molar-refractivity contribution < 1.29 is 4.79 Å². The van der Waals surface area contributed by atoms with E-state index in [1.54, 1.807) is 12.4 Å². The summed E-state index contributed by atoms with van der Waals surface area (Å²) in [6.07, 6.45) is 6.26. The quantitative estimate of drug-likeness (QED) is 0.718. The number of carbonyl (C=O) groups excluding carboxylic acids is 1. The molecule has 1 saturated heterocycles. The normalized spacial score (nSPS) is 16.4. The fraction of sp³-hybridized carbons (Fsp3) is 0.304. The maximum Gasteiger partial charge on any atom is 0.229 e. The summed E-state index contributed by atoms with van der Waals surface area (Å²) in [5, 5.41) is 11.9. The molecule has 1 fully saturated rings. The van der Waals surface area contributed by atoms with Crippen molar-refractivity contribution in [2.24, 2.45) is 5.92 Å². The van der Waals surface area contributed by atoms with Crippen molar-refractivity contribution >= 4 is 17.4 Å². The van der Waals surface area contributed by atoms with Crippen LogP contribution in [-0.4, -0.2) is 34.2 Å². The lowest BCUT2D eigenvalue weighted by molar-refractivity contribution is -0.120. The molecule has 6 nitrogen and oxygen atoms in total. The number of anilines is 2. The SMILES string of the molecule is CCc1ccccc1NC(=O)C1CCCN(c2ccc(-c3cccnc3)nn2)C1. The first-order valence-corrected chi connectivity index (χ1v) is 10.1. The van der Waals surface area contributed by atoms with E-state index in [-0.39, 0.29) is 11.8 Å². The first-order chi connectivity index (χ1) is 14.2. The van der Waals surface area contributed by atoms with Crippen LogP contribution in [0.25, 0.3) is 11.3 Å². The van der Waals surface area contributed by atoms with Gasteiger partial charge in [-0.15, -0.1) is 10.2 Å². The number of amides is 1. The van der Waals surface area contributed by atoms with Gasteiger partial charge in [-0.1, -0.05) is 25.1 Å². The number of hydrogen-bond acceptors (Lipinski definition) is 5. The fourth-order valence-electron chi connectivity index (χ4n) is 3.75. The molecule has 6 heteroatoms. The molecule has 2 aromatic heterocycles. The van der Waals surface area contributed by atoms with E-state index >= 15 is 0 Å². The van der Waals surface area contributed by atoms with Gasteiger partial charge in [0.1, 0.15) is 0 Å². The second-order valence-corrected chi connectivity index (χ2v) is 7.30. The minimum Gasteiger partial charge on any atom is -0.354 e. The van der Waals surface area contributed by atoms with Crippen LogP contribution < -0.4 is 10.2 Å². The fourth-order valence-corrected chi connectivity index (χ4v) is 3.75. The number of nitrogens with zero attached hydrogens (tertiary/aromatic N) is 4. The molecule has 4 rings (SSSR count). The van der Waals surface area contributed by atoms with Gasteiger partial charge in [0.25, 0.3) is 0 Å². The number of piperidine rings is 1. The van der Waals surface area contributed by atoms with Crippen LogP contribution in [0, 0.1) is 5.92 Å². The Kier molecular flexibility index (Phi) is 5.79. The molecule has 1 aliphatic heterocycles. The standard InChI is InChI=1S/C23H25N5O/c1-2-17-7-3-4-10-20(17)25-23(29)19-9-6-14-28(16-19)22-12-11-21(26-27-22)18-8-5-13-24-15-18/h3-5,7-8,10-13,15,19H,2,6,9,14,16H2,1H3,(H,25,29). The van der Waals surface area contributed by atoms with Gasteiger partial charge in [-0.25, -0.2) is 0 Å². The predicted octanol–water partition coefficient (Wildman–Crippen LogP) is 3.96. The topological polar surface area (TPSA) is 71.0 Å². The van der Waals surface area contributed by atoms with E-state index in [1.165, 1.54) is 0 Å². The number of para-hydroxylation sites is 1. The van der Waals surface area contributed by atoms with Crippen LogP contribution in [0.4, 0.5) is 11.5 Å². The molecule has 0 bridgehead atoms. The van der Waals surface area contributed by atoms with Gasteiger partial charge in [0.05, 0.1) is 11.6 Å². The maximum atomic E-state index is 12.9. The van der Waals surface area contributed by atoms with Gasteiger partial charge in [0.15, 0.2) is 5.82 Å². The minimum atomic E-state index is -0.0616. The summed E-state index contributed by atoms with van der Waals surface area (Å²) in [7, 11) is 0. The van der Waals surface area contributed by atoms with Crippen molar-refractivity contribution in [2.45, 2.75) is 26.2 Å². The minimum absolute atomic E-state index is 0.0616. The number of nitrogens with one attached hydrogen (secondary N) is 1. The lowest BCUT2D eigenvalue weighted by atomic mass is 9.96. The predicted molar refractivity (Wildman–Crippen MR) is 115 cm³/mol. The third kappa shape index (κ3) is 4.42. The Bertz CT molecular complexity index is 959. The lowest BCUT2D eigenvalue weighted by Crippen LogP contribution is -2.41. The second kappa shape index (κ2) is 8.82. The molecule has 0 aliphatic carbocycles. The highest BCUT2D eigenvalue weighted by molar-refractivity contribution is 5.93. The van der Waals surface area contributed by atoms with Crippen LogP contribution in [0.2, 0.25) is 0 Å². The Morgan fingerprint density at radius 1 is 1.14 bits per heavy atom. The molecule has 0 radical (unpaired) electrons. The van der Waals surface area contributed by atoms with Gasteiger partial charge in [0, 0.05) is 36.7 Å². The molecule has 0 spiro atoms. The number of aromatic nitrogens is 3. The van der Waals surface area contributed by atoms with Crippen molar-refractivity contribution in [1.82, 2.24) is 15.2 Å². The van der Waals surface area contributed by atoms with Crippen molar-refractivity contribution in [3.8, 4) is 11.3 Å². The van der Waals surface area contributed by atoms with E-state index in [1.807, 2.05) is 42.5 Å². The maximum absolute atomic E-state index is 12.9. The summed E-state index contributed by atoms with van der Waals surface area (Å²) in [5.41, 5.74) is 3.81. The molecule has 148 valence electrons. The number of pyridine rings is 1. The number of aryl methyl sites for hydroxylation is 1. The average molecular weight is 387 g/mol. The van der Waals surface area contributed by atoms with Crippen LogP contribution in [0.3, 0.4) is 0 Å². The molecule has 3 aromatic rings. The highest BCUT2D eigenvalue weighted by atomic mass is 16.1. The second-order valence-electron chi connectivity index (χ2n) is 7.30. The molecule has 1 amide bonds. The van der Waals surface area contributed by atoms with Gasteiger partial charge in [-0.2, -0.15) is 0 Å². The van der Waals surface area contributed by atoms with Crippen LogP contribution in [0.1, 0.15) is 25.3 Å². The van der Waals surface area contributed by atoms with Crippen molar-refractivity contribution in [3.63, 3.8) is 0 Å². The Hall–Kier alpha value is -3.28. The summed E-state index contributed by atoms with van der Waals surface area (Å²) in [6.45, 7) is 3.64. The van der Waals surface area contributed by atoms with Gasteiger partial charge >= 0.3 is 0 Å². The first kappa shape index (κ1) is 19.1. The monoisotopic (exact) mass is 387 g/mol. The van der Waals surface area contributed by atoms with Gasteiger partial charge in [0.2, 0.25) is 5.91 Å². The first-order valence-electron chi connectivity index (χ1n) is 10.1. The van der Waals surface area contributed by atoms with Crippen molar-refractivity contribution in [3.05, 3.63) is 66.5 Å². The number of hydrogen-bond donors (Lipinski definition) is 1. The van der Waals surface area contributed by atoms with Gasteiger partial charge < -0.3 is 10.2 Å². The molecular formula is C23H25N5O. The Balaban J connectivity index is 1.43.